The zero-order chi connectivity index (χ0) is 15.0. The molecule has 2 amide bonds. The van der Waals surface area contributed by atoms with Crippen molar-refractivity contribution in [2.24, 2.45) is 5.92 Å². The largest absolute Gasteiger partial charge is 0.343 e. The van der Waals surface area contributed by atoms with Gasteiger partial charge in [0.25, 0.3) is 0 Å². The van der Waals surface area contributed by atoms with Crippen LogP contribution in [-0.2, 0) is 16.1 Å². The summed E-state index contributed by atoms with van der Waals surface area (Å²) in [4.78, 5) is 31.1. The highest BCUT2D eigenvalue weighted by atomic mass is 16.5. The van der Waals surface area contributed by atoms with E-state index in [-0.39, 0.29) is 24.3 Å². The Labute approximate surface area is 123 Å². The SMILES string of the molecule is CC(C)C1C(=O)NC2(CCCC2)C(=O)N1Cc1ncon1. The van der Waals surface area contributed by atoms with Crippen LogP contribution in [0.3, 0.4) is 0 Å². The Bertz CT molecular complexity index is 534. The van der Waals surface area contributed by atoms with Gasteiger partial charge in [-0.25, -0.2) is 0 Å². The highest BCUT2D eigenvalue weighted by Crippen LogP contribution is 2.36. The van der Waals surface area contributed by atoms with Crippen molar-refractivity contribution >= 4 is 11.8 Å². The summed E-state index contributed by atoms with van der Waals surface area (Å²) in [6.45, 7) is 4.09. The van der Waals surface area contributed by atoms with Crippen molar-refractivity contribution in [3.8, 4) is 0 Å². The molecular weight excluding hydrogens is 272 g/mol. The Balaban J connectivity index is 1.92. The number of amides is 2. The van der Waals surface area contributed by atoms with Gasteiger partial charge in [0.05, 0.1) is 6.54 Å². The van der Waals surface area contributed by atoms with E-state index in [1.54, 1.807) is 4.90 Å². The Morgan fingerprint density at radius 2 is 2.14 bits per heavy atom. The van der Waals surface area contributed by atoms with Gasteiger partial charge in [-0.2, -0.15) is 4.98 Å². The van der Waals surface area contributed by atoms with Gasteiger partial charge < -0.3 is 14.7 Å². The minimum Gasteiger partial charge on any atom is -0.343 e. The molecule has 1 saturated carbocycles. The van der Waals surface area contributed by atoms with Crippen molar-refractivity contribution in [2.45, 2.75) is 57.7 Å². The van der Waals surface area contributed by atoms with E-state index in [0.29, 0.717) is 18.7 Å². The molecule has 1 aliphatic heterocycles. The number of nitrogens with one attached hydrogen (secondary N) is 1. The lowest BCUT2D eigenvalue weighted by Crippen LogP contribution is -2.70. The number of carbonyl (C=O) groups is 2. The number of hydrogen-bond acceptors (Lipinski definition) is 5. The lowest BCUT2D eigenvalue weighted by molar-refractivity contribution is -0.157. The number of carbonyl (C=O) groups excluding carboxylic acids is 2. The van der Waals surface area contributed by atoms with Gasteiger partial charge in [0.2, 0.25) is 18.2 Å². The van der Waals surface area contributed by atoms with Crippen molar-refractivity contribution in [3.05, 3.63) is 12.2 Å². The van der Waals surface area contributed by atoms with E-state index in [4.69, 9.17) is 4.52 Å². The molecule has 1 N–H and O–H groups in total. The molecule has 7 heteroatoms. The van der Waals surface area contributed by atoms with Gasteiger partial charge in [-0.3, -0.25) is 9.59 Å². The van der Waals surface area contributed by atoms with Gasteiger partial charge >= 0.3 is 0 Å². The highest BCUT2D eigenvalue weighted by Gasteiger charge is 2.52. The van der Waals surface area contributed by atoms with Gasteiger partial charge in [-0.1, -0.05) is 31.8 Å². The van der Waals surface area contributed by atoms with Gasteiger partial charge in [-0.15, -0.1) is 0 Å². The minimum absolute atomic E-state index is 0.0110. The summed E-state index contributed by atoms with van der Waals surface area (Å²) < 4.78 is 4.73. The molecule has 0 aromatic carbocycles. The molecule has 1 atom stereocenters. The third kappa shape index (κ3) is 2.30. The molecule has 2 aliphatic rings. The molecule has 1 aromatic heterocycles. The van der Waals surface area contributed by atoms with Crippen LogP contribution in [0.4, 0.5) is 0 Å². The molecular formula is C14H20N4O3. The highest BCUT2D eigenvalue weighted by molar-refractivity contribution is 6.00. The van der Waals surface area contributed by atoms with E-state index in [2.05, 4.69) is 15.5 Å². The Kier molecular flexibility index (Phi) is 3.43. The molecule has 0 bridgehead atoms. The lowest BCUT2D eigenvalue weighted by Gasteiger charge is -2.45. The van der Waals surface area contributed by atoms with Crippen LogP contribution >= 0.6 is 0 Å². The minimum atomic E-state index is -0.716. The van der Waals surface area contributed by atoms with Crippen LogP contribution in [0, 0.1) is 5.92 Å². The maximum atomic E-state index is 13.0. The van der Waals surface area contributed by atoms with Crippen LogP contribution in [-0.4, -0.2) is 38.4 Å². The van der Waals surface area contributed by atoms with Crippen molar-refractivity contribution < 1.29 is 14.1 Å². The first-order valence-electron chi connectivity index (χ1n) is 7.42. The summed E-state index contributed by atoms with van der Waals surface area (Å²) in [5, 5.41) is 6.76. The van der Waals surface area contributed by atoms with Crippen molar-refractivity contribution in [3.63, 3.8) is 0 Å². The second-order valence-electron chi connectivity index (χ2n) is 6.25. The van der Waals surface area contributed by atoms with Crippen LogP contribution in [0.15, 0.2) is 10.9 Å². The molecule has 1 aliphatic carbocycles. The van der Waals surface area contributed by atoms with Crippen molar-refractivity contribution in [1.82, 2.24) is 20.4 Å². The molecule has 2 fully saturated rings. The van der Waals surface area contributed by atoms with Crippen LogP contribution in [0.2, 0.25) is 0 Å². The maximum absolute atomic E-state index is 13.0. The van der Waals surface area contributed by atoms with Gasteiger partial charge in [0.15, 0.2) is 5.82 Å². The van der Waals surface area contributed by atoms with E-state index in [0.717, 1.165) is 12.8 Å². The summed E-state index contributed by atoms with van der Waals surface area (Å²) in [5.41, 5.74) is -0.716. The van der Waals surface area contributed by atoms with E-state index < -0.39 is 11.6 Å². The average Bonchev–Trinajstić information content (AvgIpc) is 3.07. The first-order chi connectivity index (χ1) is 10.0. The summed E-state index contributed by atoms with van der Waals surface area (Å²) >= 11 is 0. The van der Waals surface area contributed by atoms with Gasteiger partial charge in [0, 0.05) is 0 Å². The fourth-order valence-corrected chi connectivity index (χ4v) is 3.47. The summed E-state index contributed by atoms with van der Waals surface area (Å²) in [5.74, 6) is 0.370. The molecule has 1 spiro atoms. The Morgan fingerprint density at radius 3 is 2.71 bits per heavy atom. The third-order valence-corrected chi connectivity index (χ3v) is 4.44. The molecule has 3 rings (SSSR count). The molecule has 1 unspecified atom stereocenters. The molecule has 114 valence electrons. The summed E-state index contributed by atoms with van der Waals surface area (Å²) in [7, 11) is 0. The van der Waals surface area contributed by atoms with Crippen LogP contribution in [0.5, 0.6) is 0 Å². The Morgan fingerprint density at radius 1 is 1.43 bits per heavy atom. The van der Waals surface area contributed by atoms with E-state index in [9.17, 15) is 9.59 Å². The Hall–Kier alpha value is -1.92. The molecule has 21 heavy (non-hydrogen) atoms. The maximum Gasteiger partial charge on any atom is 0.249 e. The molecule has 2 heterocycles. The van der Waals surface area contributed by atoms with E-state index in [1.165, 1.54) is 6.39 Å². The average molecular weight is 292 g/mol. The standard InChI is InChI=1S/C14H20N4O3/c1-9(2)11-12(19)16-14(5-3-4-6-14)13(20)18(11)7-10-15-8-21-17-10/h8-9,11H,3-7H2,1-2H3,(H,16,19). The number of rotatable bonds is 3. The second-order valence-corrected chi connectivity index (χ2v) is 6.25. The molecule has 1 saturated heterocycles. The van der Waals surface area contributed by atoms with E-state index in [1.807, 2.05) is 13.8 Å². The number of aromatic nitrogens is 2. The van der Waals surface area contributed by atoms with E-state index >= 15 is 0 Å². The van der Waals surface area contributed by atoms with Crippen molar-refractivity contribution in [1.29, 1.82) is 0 Å². The smallest absolute Gasteiger partial charge is 0.249 e. The fourth-order valence-electron chi connectivity index (χ4n) is 3.47. The van der Waals surface area contributed by atoms with Gasteiger partial charge in [-0.05, 0) is 18.8 Å². The molecule has 1 aromatic rings. The predicted octanol–water partition coefficient (Wildman–Crippen LogP) is 0.865. The predicted molar refractivity (Wildman–Crippen MR) is 72.8 cm³/mol. The zero-order valence-corrected chi connectivity index (χ0v) is 12.3. The zero-order valence-electron chi connectivity index (χ0n) is 12.3. The number of hydrogen-bond donors (Lipinski definition) is 1. The first kappa shape index (κ1) is 14.0. The topological polar surface area (TPSA) is 88.3 Å². The second kappa shape index (κ2) is 5.13. The number of piperazine rings is 1. The molecule has 7 nitrogen and oxygen atoms in total. The summed E-state index contributed by atoms with van der Waals surface area (Å²) in [6.07, 6.45) is 4.60. The number of nitrogens with zero attached hydrogens (tertiary/aromatic N) is 3. The van der Waals surface area contributed by atoms with Crippen LogP contribution < -0.4 is 5.32 Å². The quantitative estimate of drug-likeness (QED) is 0.893. The third-order valence-electron chi connectivity index (χ3n) is 4.44. The van der Waals surface area contributed by atoms with Crippen LogP contribution in [0.25, 0.3) is 0 Å². The fraction of sp³-hybridized carbons (Fsp3) is 0.714. The van der Waals surface area contributed by atoms with Crippen molar-refractivity contribution in [2.75, 3.05) is 0 Å². The lowest BCUT2D eigenvalue weighted by atomic mass is 9.87. The van der Waals surface area contributed by atoms with Gasteiger partial charge in [0.1, 0.15) is 11.6 Å². The summed E-state index contributed by atoms with van der Waals surface area (Å²) in [6, 6.07) is -0.484. The first-order valence-corrected chi connectivity index (χ1v) is 7.42. The molecule has 0 radical (unpaired) electrons. The van der Waals surface area contributed by atoms with Crippen LogP contribution in [0.1, 0.15) is 45.4 Å². The monoisotopic (exact) mass is 292 g/mol. The normalized spacial score (nSPS) is 24.9.